The van der Waals surface area contributed by atoms with Crippen LogP contribution in [0, 0.1) is 0 Å². The first-order chi connectivity index (χ1) is 13.7. The first-order valence-corrected chi connectivity index (χ1v) is 10.7. The van der Waals surface area contributed by atoms with E-state index in [-0.39, 0.29) is 5.69 Å². The number of carbonyl (C=O) groups is 1. The summed E-state index contributed by atoms with van der Waals surface area (Å²) in [5, 5.41) is 4.61. The third kappa shape index (κ3) is 6.10. The molecule has 29 heavy (non-hydrogen) atoms. The Kier molecular flexibility index (Phi) is 7.46. The highest BCUT2D eigenvalue weighted by Crippen LogP contribution is 2.32. The molecule has 10 heteroatoms. The summed E-state index contributed by atoms with van der Waals surface area (Å²) < 4.78 is 35.8. The zero-order valence-electron chi connectivity index (χ0n) is 16.5. The molecule has 0 fully saturated rings. The van der Waals surface area contributed by atoms with Gasteiger partial charge in [0.15, 0.2) is 11.5 Å². The zero-order valence-corrected chi connectivity index (χ0v) is 18.0. The number of nitrogens with one attached hydrogen (secondary N) is 1. The van der Waals surface area contributed by atoms with Gasteiger partial charge in [-0.1, -0.05) is 23.7 Å². The summed E-state index contributed by atoms with van der Waals surface area (Å²) in [6.45, 7) is 1.26. The predicted octanol–water partition coefficient (Wildman–Crippen LogP) is 2.66. The third-order valence-electron chi connectivity index (χ3n) is 3.95. The normalized spacial score (nSPS) is 11.7. The van der Waals surface area contributed by atoms with E-state index < -0.39 is 22.5 Å². The van der Waals surface area contributed by atoms with Crippen LogP contribution in [0.2, 0.25) is 5.02 Å². The van der Waals surface area contributed by atoms with Gasteiger partial charge in [-0.3, -0.25) is 9.10 Å². The van der Waals surface area contributed by atoms with Crippen molar-refractivity contribution in [1.29, 1.82) is 0 Å². The lowest BCUT2D eigenvalue weighted by molar-refractivity contribution is -0.119. The van der Waals surface area contributed by atoms with E-state index in [1.807, 2.05) is 0 Å². The molecule has 0 aromatic heterocycles. The van der Waals surface area contributed by atoms with Crippen LogP contribution in [-0.2, 0) is 14.8 Å². The Morgan fingerprint density at radius 1 is 1.10 bits per heavy atom. The van der Waals surface area contributed by atoms with E-state index >= 15 is 0 Å². The van der Waals surface area contributed by atoms with Gasteiger partial charge < -0.3 is 9.47 Å². The Morgan fingerprint density at radius 3 is 2.28 bits per heavy atom. The van der Waals surface area contributed by atoms with Gasteiger partial charge in [0, 0.05) is 11.1 Å². The van der Waals surface area contributed by atoms with Crippen molar-refractivity contribution in [2.45, 2.75) is 6.92 Å². The lowest BCUT2D eigenvalue weighted by atomic mass is 10.1. The van der Waals surface area contributed by atoms with Gasteiger partial charge in [-0.2, -0.15) is 5.10 Å². The fourth-order valence-electron chi connectivity index (χ4n) is 2.45. The lowest BCUT2D eigenvalue weighted by Gasteiger charge is -2.22. The SMILES string of the molecule is COc1ccc(N(CC(=O)N/N=C(/C)c2ccc(Cl)cc2)S(C)(=O)=O)cc1OC. The molecule has 1 N–H and O–H groups in total. The molecule has 0 bridgehead atoms. The highest BCUT2D eigenvalue weighted by Gasteiger charge is 2.22. The Balaban J connectivity index is 2.19. The highest BCUT2D eigenvalue weighted by atomic mass is 35.5. The number of nitrogens with zero attached hydrogens (tertiary/aromatic N) is 2. The van der Waals surface area contributed by atoms with Crippen LogP contribution >= 0.6 is 11.6 Å². The second-order valence-corrected chi connectivity index (χ2v) is 8.39. The molecule has 0 aliphatic carbocycles. The van der Waals surface area contributed by atoms with Crippen LogP contribution in [0.4, 0.5) is 5.69 Å². The smallest absolute Gasteiger partial charge is 0.260 e. The average Bonchev–Trinajstić information content (AvgIpc) is 2.69. The number of carbonyl (C=O) groups excluding carboxylic acids is 1. The van der Waals surface area contributed by atoms with Crippen molar-refractivity contribution < 1.29 is 22.7 Å². The maximum atomic E-state index is 12.3. The van der Waals surface area contributed by atoms with E-state index in [2.05, 4.69) is 10.5 Å². The van der Waals surface area contributed by atoms with Gasteiger partial charge in [-0.15, -0.1) is 0 Å². The third-order valence-corrected chi connectivity index (χ3v) is 5.35. The number of methoxy groups -OCH3 is 2. The highest BCUT2D eigenvalue weighted by molar-refractivity contribution is 7.92. The molecule has 2 aromatic carbocycles. The monoisotopic (exact) mass is 439 g/mol. The fraction of sp³-hybridized carbons (Fsp3) is 0.263. The molecule has 1 amide bonds. The minimum absolute atomic E-state index is 0.263. The van der Waals surface area contributed by atoms with Crippen LogP contribution in [0.1, 0.15) is 12.5 Å². The molecule has 2 rings (SSSR count). The van der Waals surface area contributed by atoms with E-state index in [1.165, 1.54) is 26.4 Å². The van der Waals surface area contributed by atoms with Crippen molar-refractivity contribution in [1.82, 2.24) is 5.43 Å². The number of halogens is 1. The average molecular weight is 440 g/mol. The summed E-state index contributed by atoms with van der Waals surface area (Å²) in [6.07, 6.45) is 1.01. The largest absolute Gasteiger partial charge is 0.493 e. The van der Waals surface area contributed by atoms with Gasteiger partial charge in [-0.25, -0.2) is 13.8 Å². The van der Waals surface area contributed by atoms with E-state index in [0.29, 0.717) is 22.2 Å². The van der Waals surface area contributed by atoms with E-state index in [1.54, 1.807) is 37.3 Å². The first-order valence-electron chi connectivity index (χ1n) is 8.44. The second-order valence-electron chi connectivity index (χ2n) is 6.05. The Bertz CT molecular complexity index is 1010. The fourth-order valence-corrected chi connectivity index (χ4v) is 3.42. The molecule has 0 saturated carbocycles. The van der Waals surface area contributed by atoms with Crippen molar-refractivity contribution in [3.63, 3.8) is 0 Å². The maximum absolute atomic E-state index is 12.3. The summed E-state index contributed by atoms with van der Waals surface area (Å²) in [4.78, 5) is 12.3. The van der Waals surface area contributed by atoms with E-state index in [0.717, 1.165) is 16.1 Å². The number of benzene rings is 2. The van der Waals surface area contributed by atoms with Crippen molar-refractivity contribution in [3.8, 4) is 11.5 Å². The predicted molar refractivity (Wildman–Crippen MR) is 114 cm³/mol. The van der Waals surface area contributed by atoms with Gasteiger partial charge in [0.2, 0.25) is 10.0 Å². The molecule has 0 atom stereocenters. The van der Waals surface area contributed by atoms with Crippen LogP contribution in [0.3, 0.4) is 0 Å². The zero-order chi connectivity index (χ0) is 21.6. The van der Waals surface area contributed by atoms with Crippen LogP contribution < -0.4 is 19.2 Å². The number of amides is 1. The Hall–Kier alpha value is -2.78. The number of hydrazone groups is 1. The van der Waals surface area contributed by atoms with E-state index in [4.69, 9.17) is 21.1 Å². The van der Waals surface area contributed by atoms with Crippen LogP contribution in [-0.4, -0.2) is 47.1 Å². The number of sulfonamides is 1. The van der Waals surface area contributed by atoms with Crippen molar-refractivity contribution in [2.75, 3.05) is 31.3 Å². The molecule has 0 aliphatic heterocycles. The molecule has 0 aliphatic rings. The molecule has 0 unspecified atom stereocenters. The molecule has 0 spiro atoms. The number of hydrogen-bond acceptors (Lipinski definition) is 6. The number of anilines is 1. The van der Waals surface area contributed by atoms with Crippen LogP contribution in [0.15, 0.2) is 47.6 Å². The Labute approximate surface area is 175 Å². The summed E-state index contributed by atoms with van der Waals surface area (Å²) >= 11 is 5.85. The summed E-state index contributed by atoms with van der Waals surface area (Å²) in [5.74, 6) is 0.187. The number of rotatable bonds is 8. The van der Waals surface area contributed by atoms with Crippen LogP contribution in [0.25, 0.3) is 0 Å². The summed E-state index contributed by atoms with van der Waals surface area (Å²) in [5.41, 5.74) is 3.96. The van der Waals surface area contributed by atoms with Gasteiger partial charge in [0.1, 0.15) is 6.54 Å². The minimum atomic E-state index is -3.74. The molecular weight excluding hydrogens is 418 g/mol. The standard InChI is InChI=1S/C19H22ClN3O5S/c1-13(14-5-7-15(20)8-6-14)21-22-19(24)12-23(29(4,25)26)16-9-10-17(27-2)18(11-16)28-3/h5-11H,12H2,1-4H3,(H,22,24)/b21-13-. The summed E-state index contributed by atoms with van der Waals surface area (Å²) in [6, 6.07) is 11.5. The topological polar surface area (TPSA) is 97.3 Å². The van der Waals surface area contributed by atoms with Crippen molar-refractivity contribution in [2.24, 2.45) is 5.10 Å². The molecule has 2 aromatic rings. The van der Waals surface area contributed by atoms with Crippen LogP contribution in [0.5, 0.6) is 11.5 Å². The molecular formula is C19H22ClN3O5S. The van der Waals surface area contributed by atoms with Gasteiger partial charge in [0.25, 0.3) is 5.91 Å². The van der Waals surface area contributed by atoms with E-state index in [9.17, 15) is 13.2 Å². The molecule has 0 radical (unpaired) electrons. The van der Waals surface area contributed by atoms with Crippen molar-refractivity contribution >= 4 is 38.9 Å². The second kappa shape index (κ2) is 9.62. The minimum Gasteiger partial charge on any atom is -0.493 e. The lowest BCUT2D eigenvalue weighted by Crippen LogP contribution is -2.39. The van der Waals surface area contributed by atoms with Gasteiger partial charge in [0.05, 0.1) is 31.9 Å². The number of hydrogen-bond donors (Lipinski definition) is 1. The maximum Gasteiger partial charge on any atom is 0.260 e. The molecule has 156 valence electrons. The number of ether oxygens (including phenoxy) is 2. The van der Waals surface area contributed by atoms with Gasteiger partial charge >= 0.3 is 0 Å². The van der Waals surface area contributed by atoms with Crippen molar-refractivity contribution in [3.05, 3.63) is 53.1 Å². The summed E-state index contributed by atoms with van der Waals surface area (Å²) in [7, 11) is -0.830. The molecule has 8 nitrogen and oxygen atoms in total. The Morgan fingerprint density at radius 2 is 1.72 bits per heavy atom. The quantitative estimate of drug-likeness (QED) is 0.503. The first kappa shape index (κ1) is 22.5. The molecule has 0 heterocycles. The van der Waals surface area contributed by atoms with Gasteiger partial charge in [-0.05, 0) is 36.8 Å². The molecule has 0 saturated heterocycles.